The maximum atomic E-state index is 12.3. The van der Waals surface area contributed by atoms with E-state index in [9.17, 15) is 9.59 Å². The van der Waals surface area contributed by atoms with Gasteiger partial charge in [0.05, 0.1) is 18.9 Å². The Morgan fingerprint density at radius 3 is 2.86 bits per heavy atom. The van der Waals surface area contributed by atoms with Gasteiger partial charge in [-0.15, -0.1) is 5.10 Å². The van der Waals surface area contributed by atoms with E-state index >= 15 is 0 Å². The zero-order valence-electron chi connectivity index (χ0n) is 15.8. The molecule has 2 aromatic heterocycles. The molecule has 1 aliphatic heterocycles. The van der Waals surface area contributed by atoms with E-state index in [2.05, 4.69) is 25.6 Å². The molecule has 2 amide bonds. The Kier molecular flexibility index (Phi) is 5.55. The lowest BCUT2D eigenvalue weighted by atomic mass is 10.1. The zero-order chi connectivity index (χ0) is 20.1. The summed E-state index contributed by atoms with van der Waals surface area (Å²) in [7, 11) is 0. The lowest BCUT2D eigenvalue weighted by molar-refractivity contribution is -0.128. The first kappa shape index (κ1) is 18.7. The lowest BCUT2D eigenvalue weighted by Crippen LogP contribution is -2.25. The van der Waals surface area contributed by atoms with Gasteiger partial charge in [-0.3, -0.25) is 19.3 Å². The number of rotatable bonds is 7. The van der Waals surface area contributed by atoms with Crippen LogP contribution in [0.5, 0.6) is 0 Å². The Balaban J connectivity index is 1.28. The number of carbonyl (C=O) groups excluding carboxylic acids is 2. The van der Waals surface area contributed by atoms with Crippen molar-refractivity contribution in [2.24, 2.45) is 5.92 Å². The van der Waals surface area contributed by atoms with Gasteiger partial charge in [-0.25, -0.2) is 4.98 Å². The summed E-state index contributed by atoms with van der Waals surface area (Å²) < 4.78 is 1.73. The molecule has 29 heavy (non-hydrogen) atoms. The van der Waals surface area contributed by atoms with Gasteiger partial charge in [-0.05, 0) is 5.56 Å². The molecule has 1 unspecified atom stereocenters. The molecule has 0 spiro atoms. The summed E-state index contributed by atoms with van der Waals surface area (Å²) in [4.78, 5) is 34.1. The van der Waals surface area contributed by atoms with Crippen LogP contribution in [0.2, 0.25) is 0 Å². The van der Waals surface area contributed by atoms with Crippen LogP contribution < -0.4 is 5.32 Å². The molecule has 1 fully saturated rings. The van der Waals surface area contributed by atoms with Crippen LogP contribution in [-0.4, -0.2) is 48.2 Å². The topological polar surface area (TPSA) is 106 Å². The van der Waals surface area contributed by atoms with Crippen molar-refractivity contribution < 1.29 is 9.59 Å². The smallest absolute Gasteiger partial charge is 0.271 e. The van der Waals surface area contributed by atoms with Crippen molar-refractivity contribution in [2.45, 2.75) is 26.1 Å². The molecule has 0 radical (unpaired) electrons. The molecule has 0 bridgehead atoms. The first-order valence-corrected chi connectivity index (χ1v) is 9.42. The average molecular weight is 391 g/mol. The molecule has 4 rings (SSSR count). The normalized spacial score (nSPS) is 16.2. The molecule has 3 aromatic rings. The van der Waals surface area contributed by atoms with Gasteiger partial charge in [-0.2, -0.15) is 0 Å². The van der Waals surface area contributed by atoms with Gasteiger partial charge in [-0.1, -0.05) is 35.5 Å². The summed E-state index contributed by atoms with van der Waals surface area (Å²) in [5.41, 5.74) is 2.03. The monoisotopic (exact) mass is 391 g/mol. The van der Waals surface area contributed by atoms with E-state index in [1.807, 2.05) is 35.2 Å². The number of nitrogens with one attached hydrogen (secondary N) is 1. The number of hydrogen-bond acceptors (Lipinski definition) is 6. The van der Waals surface area contributed by atoms with Gasteiger partial charge < -0.3 is 10.2 Å². The van der Waals surface area contributed by atoms with E-state index in [4.69, 9.17) is 0 Å². The van der Waals surface area contributed by atoms with Crippen LogP contribution >= 0.6 is 0 Å². The number of nitrogens with zero attached hydrogens (tertiary/aromatic N) is 6. The highest BCUT2D eigenvalue weighted by atomic mass is 16.2. The predicted octanol–water partition coefficient (Wildman–Crippen LogP) is 1.05. The van der Waals surface area contributed by atoms with Crippen LogP contribution in [0.4, 0.5) is 0 Å². The van der Waals surface area contributed by atoms with Crippen molar-refractivity contribution in [1.29, 1.82) is 0 Å². The summed E-state index contributed by atoms with van der Waals surface area (Å²) in [6.45, 7) is 2.20. The molecule has 1 aliphatic rings. The van der Waals surface area contributed by atoms with Crippen molar-refractivity contribution in [1.82, 2.24) is 35.2 Å². The van der Waals surface area contributed by atoms with Gasteiger partial charge in [0.15, 0.2) is 0 Å². The second-order valence-corrected chi connectivity index (χ2v) is 7.04. The van der Waals surface area contributed by atoms with Gasteiger partial charge in [0.1, 0.15) is 11.4 Å². The Labute approximate surface area is 167 Å². The molecular formula is C20H21N7O2. The van der Waals surface area contributed by atoms with Crippen LogP contribution in [0.3, 0.4) is 0 Å². The fourth-order valence-corrected chi connectivity index (χ4v) is 3.38. The molecule has 0 aliphatic carbocycles. The Morgan fingerprint density at radius 1 is 1.21 bits per heavy atom. The Bertz CT molecular complexity index is 975. The summed E-state index contributed by atoms with van der Waals surface area (Å²) in [5, 5.41) is 11.0. The number of benzene rings is 1. The SMILES string of the molecule is O=C(NCc1cn(CC2CC(=O)N(Cc3ccccc3)C2)nn1)c1cnccn1. The fraction of sp³-hybridized carbons (Fsp3) is 0.300. The second-order valence-electron chi connectivity index (χ2n) is 7.04. The standard InChI is InChI=1S/C20H21N7O2/c28-19-8-16(12-26(19)11-15-4-2-1-3-5-15)13-27-14-17(24-25-27)9-23-20(29)18-10-21-6-7-22-18/h1-7,10,14,16H,8-9,11-13H2,(H,23,29). The number of hydrogen-bond donors (Lipinski definition) is 1. The molecule has 1 aromatic carbocycles. The third-order valence-electron chi connectivity index (χ3n) is 4.77. The number of aromatic nitrogens is 5. The number of likely N-dealkylation sites (tertiary alicyclic amines) is 1. The minimum Gasteiger partial charge on any atom is -0.345 e. The van der Waals surface area contributed by atoms with Crippen molar-refractivity contribution >= 4 is 11.8 Å². The zero-order valence-corrected chi connectivity index (χ0v) is 15.8. The van der Waals surface area contributed by atoms with Gasteiger partial charge >= 0.3 is 0 Å². The van der Waals surface area contributed by atoms with Gasteiger partial charge in [0.25, 0.3) is 5.91 Å². The van der Waals surface area contributed by atoms with Crippen LogP contribution in [0, 0.1) is 5.92 Å². The molecule has 1 atom stereocenters. The molecule has 148 valence electrons. The molecular weight excluding hydrogens is 370 g/mol. The van der Waals surface area contributed by atoms with E-state index in [1.165, 1.54) is 18.6 Å². The summed E-state index contributed by atoms with van der Waals surface area (Å²) >= 11 is 0. The summed E-state index contributed by atoms with van der Waals surface area (Å²) in [5.74, 6) is 0.0379. The molecule has 1 N–H and O–H groups in total. The fourth-order valence-electron chi connectivity index (χ4n) is 3.38. The predicted molar refractivity (Wildman–Crippen MR) is 103 cm³/mol. The van der Waals surface area contributed by atoms with E-state index in [1.54, 1.807) is 10.9 Å². The van der Waals surface area contributed by atoms with Crippen LogP contribution in [0.15, 0.2) is 55.1 Å². The minimum atomic E-state index is -0.314. The van der Waals surface area contributed by atoms with Gasteiger partial charge in [0, 0.05) is 44.4 Å². The first-order valence-electron chi connectivity index (χ1n) is 9.42. The summed E-state index contributed by atoms with van der Waals surface area (Å²) in [6.07, 6.45) is 6.68. The lowest BCUT2D eigenvalue weighted by Gasteiger charge is -2.16. The largest absolute Gasteiger partial charge is 0.345 e. The number of carbonyl (C=O) groups is 2. The van der Waals surface area contributed by atoms with Crippen molar-refractivity contribution in [3.8, 4) is 0 Å². The van der Waals surface area contributed by atoms with Crippen LogP contribution in [0.25, 0.3) is 0 Å². The van der Waals surface area contributed by atoms with Gasteiger partial charge in [0.2, 0.25) is 5.91 Å². The molecule has 0 saturated carbocycles. The first-order chi connectivity index (χ1) is 14.2. The Hall–Kier alpha value is -3.62. The highest BCUT2D eigenvalue weighted by molar-refractivity contribution is 5.91. The Morgan fingerprint density at radius 2 is 2.07 bits per heavy atom. The van der Waals surface area contributed by atoms with E-state index in [0.717, 1.165) is 5.56 Å². The molecule has 9 nitrogen and oxygen atoms in total. The highest BCUT2D eigenvalue weighted by Crippen LogP contribution is 2.21. The van der Waals surface area contributed by atoms with Crippen molar-refractivity contribution in [3.63, 3.8) is 0 Å². The molecule has 1 saturated heterocycles. The quantitative estimate of drug-likeness (QED) is 0.645. The average Bonchev–Trinajstić information content (AvgIpc) is 3.34. The highest BCUT2D eigenvalue weighted by Gasteiger charge is 2.30. The van der Waals surface area contributed by atoms with E-state index < -0.39 is 0 Å². The van der Waals surface area contributed by atoms with Crippen LogP contribution in [-0.2, 0) is 24.4 Å². The van der Waals surface area contributed by atoms with Crippen molar-refractivity contribution in [3.05, 3.63) is 72.1 Å². The second kappa shape index (κ2) is 8.59. The summed E-state index contributed by atoms with van der Waals surface area (Å²) in [6, 6.07) is 9.98. The third-order valence-corrected chi connectivity index (χ3v) is 4.77. The number of amides is 2. The molecule has 3 heterocycles. The third kappa shape index (κ3) is 4.81. The molecule has 9 heteroatoms. The minimum absolute atomic E-state index is 0.162. The maximum absolute atomic E-state index is 12.3. The maximum Gasteiger partial charge on any atom is 0.271 e. The van der Waals surface area contributed by atoms with Crippen LogP contribution in [0.1, 0.15) is 28.2 Å². The van der Waals surface area contributed by atoms with E-state index in [-0.39, 0.29) is 30.0 Å². The van der Waals surface area contributed by atoms with E-state index in [0.29, 0.717) is 31.7 Å². The van der Waals surface area contributed by atoms with Crippen molar-refractivity contribution in [2.75, 3.05) is 6.54 Å².